The first-order valence-corrected chi connectivity index (χ1v) is 21.6. The van der Waals surface area contributed by atoms with Crippen molar-refractivity contribution in [3.05, 3.63) is 47.4 Å². The normalized spacial score (nSPS) is 37.3. The minimum atomic E-state index is -1.32. The molecule has 352 valence electrons. The molecule has 62 heavy (non-hydrogen) atoms. The minimum absolute atomic E-state index is 0.0234. The molecule has 18 heteroatoms. The molecule has 3 aliphatic heterocycles. The van der Waals surface area contributed by atoms with Crippen LogP contribution in [0, 0.1) is 23.7 Å². The number of carbonyl (C=O) groups is 2. The molecule has 0 aliphatic carbocycles. The molecule has 1 aromatic heterocycles. The van der Waals surface area contributed by atoms with Gasteiger partial charge in [0, 0.05) is 31.4 Å². The van der Waals surface area contributed by atoms with Crippen LogP contribution in [0.15, 0.2) is 41.7 Å². The van der Waals surface area contributed by atoms with Crippen LogP contribution >= 0.6 is 0 Å². The largest absolute Gasteiger partial charge is 0.492 e. The van der Waals surface area contributed by atoms with E-state index < -0.39 is 109 Å². The number of nitrogens with zero attached hydrogens (tertiary/aromatic N) is 4. The van der Waals surface area contributed by atoms with Gasteiger partial charge in [-0.1, -0.05) is 43.7 Å². The Morgan fingerprint density at radius 2 is 1.68 bits per heavy atom. The van der Waals surface area contributed by atoms with Crippen LogP contribution in [0.3, 0.4) is 0 Å². The van der Waals surface area contributed by atoms with E-state index in [-0.39, 0.29) is 30.5 Å². The molecule has 1 fully saturated rings. The molecule has 3 aliphatic rings. The van der Waals surface area contributed by atoms with Gasteiger partial charge in [-0.15, -0.1) is 5.10 Å². The fourth-order valence-corrected chi connectivity index (χ4v) is 8.37. The molecule has 15 atom stereocenters. The number of aliphatic hydroxyl groups is 5. The Morgan fingerprint density at radius 1 is 0.984 bits per heavy atom. The molecule has 18 nitrogen and oxygen atoms in total. The van der Waals surface area contributed by atoms with E-state index in [1.165, 1.54) is 20.3 Å². The highest BCUT2D eigenvalue weighted by atomic mass is 16.7. The molecule has 3 unspecified atom stereocenters. The zero-order valence-corrected chi connectivity index (χ0v) is 38.4. The predicted molar refractivity (Wildman–Crippen MR) is 225 cm³/mol. The van der Waals surface area contributed by atoms with E-state index in [2.05, 4.69) is 10.3 Å². The smallest absolute Gasteiger partial charge is 0.322 e. The lowest BCUT2D eigenvalue weighted by atomic mass is 9.79. The van der Waals surface area contributed by atoms with Crippen molar-refractivity contribution in [1.82, 2.24) is 19.9 Å². The van der Waals surface area contributed by atoms with Crippen molar-refractivity contribution in [3.8, 4) is 0 Å². The molecule has 4 rings (SSSR count). The molecule has 0 aromatic carbocycles. The number of allylic oxidation sites excluding steroid dienone is 3. The molecule has 0 amide bonds. The molecule has 0 bridgehead atoms. The van der Waals surface area contributed by atoms with E-state index >= 15 is 0 Å². The number of esters is 1. The van der Waals surface area contributed by atoms with Gasteiger partial charge in [-0.05, 0) is 80.0 Å². The van der Waals surface area contributed by atoms with Crippen LogP contribution < -0.4 is 0 Å². The maximum atomic E-state index is 13.9. The Labute approximate surface area is 365 Å². The number of hydrogen-bond donors (Lipinski definition) is 5. The maximum Gasteiger partial charge on any atom is 0.322 e. The number of aromatic nitrogens is 3. The topological polar surface area (TPSA) is 234 Å². The zero-order valence-electron chi connectivity index (χ0n) is 38.4. The fraction of sp³-hybridized carbons (Fsp3) is 0.773. The van der Waals surface area contributed by atoms with Gasteiger partial charge in [-0.3, -0.25) is 14.3 Å². The Kier molecular flexibility index (Phi) is 18.5. The molecular formula is C44H72N4O14. The van der Waals surface area contributed by atoms with Crippen molar-refractivity contribution in [2.24, 2.45) is 23.7 Å². The van der Waals surface area contributed by atoms with E-state index in [9.17, 15) is 35.1 Å². The van der Waals surface area contributed by atoms with E-state index in [0.29, 0.717) is 30.7 Å². The predicted octanol–water partition coefficient (Wildman–Crippen LogP) is 2.36. The monoisotopic (exact) mass is 881 g/mol. The standard InChI is InChI=1S/C44H72N4O14/c1-13-32-29(22-58-43-41(57-12)40(56-11)37(53)27(6)60-43)18-23(2)14-15-30(49)24(3)19-28(16-17-48-21-33(45-46-48)44(7,8)55)39(25(4)31(50)20-34(51)61-32)62-42-38(54)35(47(9)10)36(52)26(5)59-42/h14-15,18,21,24-29,31-32,35-40,42,50,52-55H,13,16-17,19-20,22H2,1-12H3/b15-14+,23-18+/t24-,25+,26-,27?,28+,29-,31-,32-,35?,36-,37-,38?,39-,40+,42+/m1/s1. The Morgan fingerprint density at radius 3 is 2.27 bits per heavy atom. The van der Waals surface area contributed by atoms with E-state index in [0.717, 1.165) is 0 Å². The number of carbonyl (C=O) groups excluding carboxylic acids is 2. The minimum Gasteiger partial charge on any atom is -0.492 e. The summed E-state index contributed by atoms with van der Waals surface area (Å²) in [6.45, 7) is 14.0. The number of cyclic esters (lactones) is 1. The lowest BCUT2D eigenvalue weighted by Gasteiger charge is -2.46. The van der Waals surface area contributed by atoms with E-state index in [1.54, 1.807) is 70.6 Å². The molecule has 5 N–H and O–H groups in total. The summed E-state index contributed by atoms with van der Waals surface area (Å²) in [6.07, 6.45) is -2.54. The van der Waals surface area contributed by atoms with Gasteiger partial charge in [-0.2, -0.15) is 0 Å². The van der Waals surface area contributed by atoms with Crippen molar-refractivity contribution in [2.75, 3.05) is 34.9 Å². The number of rotatable bonds is 13. The SMILES string of the molecule is CC[C@H]1OC(=O)C[C@@H](O)[C@H](C)[C@@H](O[C@@H]2O[C@H](C)[C@@H](O)C(N(C)C)C2O)[C@@H](CCn2cc(C(C)(C)O)nn2)C[C@@H](C)C(=O)/C=C/C(C)=C/[C@@H]1COC1=C(OC)[C@@H](OC)[C@H](O)C(C)O1. The number of aryl methyl sites for hydroxylation is 1. The van der Waals surface area contributed by atoms with Crippen LogP contribution in [0.25, 0.3) is 0 Å². The van der Waals surface area contributed by atoms with Gasteiger partial charge in [0.15, 0.2) is 18.2 Å². The van der Waals surface area contributed by atoms with Gasteiger partial charge >= 0.3 is 11.9 Å². The van der Waals surface area contributed by atoms with Gasteiger partial charge in [-0.25, -0.2) is 0 Å². The number of hydrogen-bond acceptors (Lipinski definition) is 17. The highest BCUT2D eigenvalue weighted by Gasteiger charge is 2.47. The number of aliphatic hydroxyl groups excluding tert-OH is 4. The molecule has 0 radical (unpaired) electrons. The van der Waals surface area contributed by atoms with Crippen molar-refractivity contribution in [3.63, 3.8) is 0 Å². The molecule has 1 aromatic rings. The summed E-state index contributed by atoms with van der Waals surface area (Å²) in [5.41, 5.74) is -0.163. The summed E-state index contributed by atoms with van der Waals surface area (Å²) in [6, 6.07) is -0.748. The van der Waals surface area contributed by atoms with E-state index in [4.69, 9.17) is 33.2 Å². The molecule has 4 heterocycles. The summed E-state index contributed by atoms with van der Waals surface area (Å²) in [4.78, 5) is 29.4. The van der Waals surface area contributed by atoms with Crippen LogP contribution in [-0.2, 0) is 54.9 Å². The Balaban J connectivity index is 1.73. The first kappa shape index (κ1) is 51.2. The molecule has 1 saturated heterocycles. The number of ketones is 1. The van der Waals surface area contributed by atoms with Crippen LogP contribution in [-0.4, -0.2) is 159 Å². The first-order chi connectivity index (χ1) is 29.1. The molecular weight excluding hydrogens is 808 g/mol. The maximum absolute atomic E-state index is 13.9. The third-order valence-electron chi connectivity index (χ3n) is 12.3. The van der Waals surface area contributed by atoms with Crippen molar-refractivity contribution in [2.45, 2.75) is 160 Å². The molecule has 0 spiro atoms. The van der Waals surface area contributed by atoms with Crippen LogP contribution in [0.5, 0.6) is 0 Å². The van der Waals surface area contributed by atoms with Crippen molar-refractivity contribution in [1.29, 1.82) is 0 Å². The third kappa shape index (κ3) is 12.8. The average molecular weight is 881 g/mol. The Hall–Kier alpha value is -3.46. The van der Waals surface area contributed by atoms with Crippen molar-refractivity contribution >= 4 is 11.8 Å². The first-order valence-electron chi connectivity index (χ1n) is 21.6. The fourth-order valence-electron chi connectivity index (χ4n) is 8.37. The third-order valence-corrected chi connectivity index (χ3v) is 12.3. The van der Waals surface area contributed by atoms with Gasteiger partial charge in [0.1, 0.15) is 42.3 Å². The second kappa shape index (κ2) is 22.4. The van der Waals surface area contributed by atoms with Crippen molar-refractivity contribution < 1.29 is 68.3 Å². The second-order valence-electron chi connectivity index (χ2n) is 17.9. The van der Waals surface area contributed by atoms with Gasteiger partial charge in [0.05, 0.1) is 50.2 Å². The summed E-state index contributed by atoms with van der Waals surface area (Å²) in [5.74, 6) is -3.04. The number of methoxy groups -OCH3 is 2. The average Bonchev–Trinajstić information content (AvgIpc) is 3.70. The Bertz CT molecular complexity index is 1710. The summed E-state index contributed by atoms with van der Waals surface area (Å²) < 4.78 is 43.5. The quantitative estimate of drug-likeness (QED) is 0.179. The number of likely N-dealkylation sites (N-methyl/N-ethyl adjacent to an activating group) is 1. The lowest BCUT2D eigenvalue weighted by molar-refractivity contribution is -0.304. The summed E-state index contributed by atoms with van der Waals surface area (Å²) >= 11 is 0. The number of ether oxygens (including phenoxy) is 7. The van der Waals surface area contributed by atoms with E-state index in [1.807, 2.05) is 26.8 Å². The second-order valence-corrected chi connectivity index (χ2v) is 17.9. The highest BCUT2D eigenvalue weighted by molar-refractivity contribution is 5.91. The molecule has 0 saturated carbocycles. The van der Waals surface area contributed by atoms with Crippen LogP contribution in [0.4, 0.5) is 0 Å². The van der Waals surface area contributed by atoms with Gasteiger partial charge in [0.2, 0.25) is 5.76 Å². The van der Waals surface area contributed by atoms with Crippen LogP contribution in [0.2, 0.25) is 0 Å². The lowest BCUT2D eigenvalue weighted by Crippen LogP contribution is -2.63. The summed E-state index contributed by atoms with van der Waals surface area (Å²) in [7, 11) is 6.32. The van der Waals surface area contributed by atoms with Crippen LogP contribution in [0.1, 0.15) is 86.8 Å². The zero-order chi connectivity index (χ0) is 46.2. The van der Waals surface area contributed by atoms with Gasteiger partial charge in [0.25, 0.3) is 0 Å². The summed E-state index contributed by atoms with van der Waals surface area (Å²) in [5, 5.41) is 64.0. The highest BCUT2D eigenvalue weighted by Crippen LogP contribution is 2.36. The van der Waals surface area contributed by atoms with Gasteiger partial charge < -0.3 is 63.6 Å².